The maximum atomic E-state index is 12.1. The van der Waals surface area contributed by atoms with E-state index in [-0.39, 0.29) is 11.5 Å². The molecule has 0 unspecified atom stereocenters. The third-order valence-corrected chi connectivity index (χ3v) is 4.49. The van der Waals surface area contributed by atoms with Gasteiger partial charge in [-0.15, -0.1) is 0 Å². The minimum Gasteiger partial charge on any atom is -0.444 e. The number of ether oxygens (including phenoxy) is 1. The molecule has 4 nitrogen and oxygen atoms in total. The maximum absolute atomic E-state index is 12.1. The first-order chi connectivity index (χ1) is 10.4. The number of rotatable bonds is 1. The number of carbonyl (C=O) groups is 1. The molecule has 0 atom stereocenters. The molecule has 0 aromatic heterocycles. The maximum Gasteiger partial charge on any atom is 0.410 e. The van der Waals surface area contributed by atoms with E-state index in [0.29, 0.717) is 0 Å². The van der Waals surface area contributed by atoms with E-state index < -0.39 is 5.60 Å². The summed E-state index contributed by atoms with van der Waals surface area (Å²) in [6.07, 6.45) is 2.22. The molecule has 1 amide bonds. The van der Waals surface area contributed by atoms with Gasteiger partial charge in [-0.25, -0.2) is 4.79 Å². The second-order valence-corrected chi connectivity index (χ2v) is 7.70. The molecule has 0 radical (unpaired) electrons. The number of likely N-dealkylation sites (tertiary alicyclic amines) is 1. The molecule has 2 aliphatic rings. The summed E-state index contributed by atoms with van der Waals surface area (Å²) in [7, 11) is 0. The van der Waals surface area contributed by atoms with Crippen molar-refractivity contribution in [1.29, 1.82) is 0 Å². The van der Waals surface area contributed by atoms with Crippen LogP contribution in [0, 0.1) is 5.41 Å². The highest BCUT2D eigenvalue weighted by molar-refractivity contribution is 5.69. The molecule has 1 aromatic rings. The Labute approximate surface area is 133 Å². The first-order valence-electron chi connectivity index (χ1n) is 8.15. The van der Waals surface area contributed by atoms with Crippen LogP contribution in [-0.4, -0.2) is 42.8 Å². The van der Waals surface area contributed by atoms with Crippen molar-refractivity contribution in [3.05, 3.63) is 30.3 Å². The Kier molecular flexibility index (Phi) is 3.79. The van der Waals surface area contributed by atoms with Gasteiger partial charge in [-0.05, 0) is 45.7 Å². The fourth-order valence-corrected chi connectivity index (χ4v) is 3.54. The van der Waals surface area contributed by atoms with Gasteiger partial charge < -0.3 is 14.5 Å². The largest absolute Gasteiger partial charge is 0.444 e. The highest BCUT2D eigenvalue weighted by atomic mass is 16.6. The summed E-state index contributed by atoms with van der Waals surface area (Å²) in [6.45, 7) is 9.54. The lowest BCUT2D eigenvalue weighted by atomic mass is 9.73. The second kappa shape index (κ2) is 5.49. The summed E-state index contributed by atoms with van der Waals surface area (Å²) in [6, 6.07) is 10.6. The van der Waals surface area contributed by atoms with Crippen LogP contribution in [-0.2, 0) is 4.74 Å². The summed E-state index contributed by atoms with van der Waals surface area (Å²) in [4.78, 5) is 16.4. The molecule has 120 valence electrons. The van der Waals surface area contributed by atoms with Crippen molar-refractivity contribution in [3.8, 4) is 0 Å². The first kappa shape index (κ1) is 15.2. The van der Waals surface area contributed by atoms with Crippen LogP contribution in [0.3, 0.4) is 0 Å². The zero-order chi connectivity index (χ0) is 15.8. The third-order valence-electron chi connectivity index (χ3n) is 4.49. The Bertz CT molecular complexity index is 530. The molecule has 2 fully saturated rings. The van der Waals surface area contributed by atoms with Gasteiger partial charge >= 0.3 is 6.09 Å². The number of anilines is 1. The zero-order valence-electron chi connectivity index (χ0n) is 13.8. The van der Waals surface area contributed by atoms with Gasteiger partial charge in [0.15, 0.2) is 0 Å². The first-order valence-corrected chi connectivity index (χ1v) is 8.15. The Morgan fingerprint density at radius 1 is 1.14 bits per heavy atom. The highest BCUT2D eigenvalue weighted by Crippen LogP contribution is 2.40. The molecule has 2 saturated heterocycles. The van der Waals surface area contributed by atoms with Crippen LogP contribution in [0.15, 0.2) is 30.3 Å². The topological polar surface area (TPSA) is 32.8 Å². The van der Waals surface area contributed by atoms with Gasteiger partial charge in [0, 0.05) is 37.3 Å². The molecule has 22 heavy (non-hydrogen) atoms. The minimum absolute atomic E-state index is 0.171. The molecule has 4 heteroatoms. The van der Waals surface area contributed by atoms with E-state index in [4.69, 9.17) is 4.74 Å². The van der Waals surface area contributed by atoms with E-state index in [1.54, 1.807) is 0 Å². The van der Waals surface area contributed by atoms with Crippen molar-refractivity contribution in [2.75, 3.05) is 31.1 Å². The van der Waals surface area contributed by atoms with Crippen molar-refractivity contribution in [2.24, 2.45) is 5.41 Å². The van der Waals surface area contributed by atoms with E-state index in [0.717, 1.165) is 26.2 Å². The van der Waals surface area contributed by atoms with Crippen LogP contribution < -0.4 is 4.90 Å². The van der Waals surface area contributed by atoms with Gasteiger partial charge in [-0.2, -0.15) is 0 Å². The Morgan fingerprint density at radius 2 is 1.82 bits per heavy atom. The molecule has 0 bridgehead atoms. The average Bonchev–Trinajstić information content (AvgIpc) is 2.44. The number of amides is 1. The van der Waals surface area contributed by atoms with Crippen molar-refractivity contribution >= 4 is 11.8 Å². The van der Waals surface area contributed by atoms with Crippen molar-refractivity contribution < 1.29 is 9.53 Å². The van der Waals surface area contributed by atoms with Crippen molar-refractivity contribution in [2.45, 2.75) is 39.2 Å². The molecular formula is C18H26N2O2. The SMILES string of the molecule is CC(C)(C)OC(=O)N1CC2(CCCN(c3ccccc3)C2)C1. The van der Waals surface area contributed by atoms with Crippen LogP contribution >= 0.6 is 0 Å². The molecule has 3 rings (SSSR count). The lowest BCUT2D eigenvalue weighted by molar-refractivity contribution is -0.0390. The molecular weight excluding hydrogens is 276 g/mol. The van der Waals surface area contributed by atoms with E-state index >= 15 is 0 Å². The summed E-state index contributed by atoms with van der Waals surface area (Å²) in [5.41, 5.74) is 1.13. The number of hydrogen-bond acceptors (Lipinski definition) is 3. The normalized spacial score (nSPS) is 20.7. The van der Waals surface area contributed by atoms with Gasteiger partial charge in [0.05, 0.1) is 0 Å². The number of hydrogen-bond donors (Lipinski definition) is 0. The number of para-hydroxylation sites is 1. The van der Waals surface area contributed by atoms with E-state index in [1.165, 1.54) is 18.5 Å². The average molecular weight is 302 g/mol. The summed E-state index contributed by atoms with van der Waals surface area (Å²) in [5, 5.41) is 0. The molecule has 0 N–H and O–H groups in total. The predicted octanol–water partition coefficient (Wildman–Crippen LogP) is 3.52. The predicted molar refractivity (Wildman–Crippen MR) is 88.1 cm³/mol. The third kappa shape index (κ3) is 3.21. The highest BCUT2D eigenvalue weighted by Gasteiger charge is 2.48. The van der Waals surface area contributed by atoms with Crippen LogP contribution in [0.4, 0.5) is 10.5 Å². The molecule has 1 spiro atoms. The monoisotopic (exact) mass is 302 g/mol. The van der Waals surface area contributed by atoms with Crippen LogP contribution in [0.5, 0.6) is 0 Å². The molecule has 1 aromatic carbocycles. The number of piperidine rings is 1. The Hall–Kier alpha value is -1.71. The fourth-order valence-electron chi connectivity index (χ4n) is 3.54. The van der Waals surface area contributed by atoms with Crippen molar-refractivity contribution in [1.82, 2.24) is 4.90 Å². The van der Waals surface area contributed by atoms with Crippen LogP contribution in [0.1, 0.15) is 33.6 Å². The number of nitrogens with zero attached hydrogens (tertiary/aromatic N) is 2. The number of carbonyl (C=O) groups excluding carboxylic acids is 1. The molecule has 2 aliphatic heterocycles. The van der Waals surface area contributed by atoms with Gasteiger partial charge in [-0.1, -0.05) is 18.2 Å². The van der Waals surface area contributed by atoms with Gasteiger partial charge in [0.25, 0.3) is 0 Å². The van der Waals surface area contributed by atoms with Gasteiger partial charge in [0.1, 0.15) is 5.60 Å². The standard InChI is InChI=1S/C18H26N2O2/c1-17(2,3)22-16(21)20-13-18(14-20)10-7-11-19(12-18)15-8-5-4-6-9-15/h4-6,8-9H,7,10-14H2,1-3H3. The summed E-state index contributed by atoms with van der Waals surface area (Å²) >= 11 is 0. The lowest BCUT2D eigenvalue weighted by Crippen LogP contribution is -2.64. The summed E-state index contributed by atoms with van der Waals surface area (Å²) in [5.74, 6) is 0. The van der Waals surface area contributed by atoms with E-state index in [9.17, 15) is 4.79 Å². The van der Waals surface area contributed by atoms with Crippen LogP contribution in [0.25, 0.3) is 0 Å². The molecule has 0 aliphatic carbocycles. The van der Waals surface area contributed by atoms with Crippen molar-refractivity contribution in [3.63, 3.8) is 0 Å². The van der Waals surface area contributed by atoms with Gasteiger partial charge in [0.2, 0.25) is 0 Å². The quantitative estimate of drug-likeness (QED) is 0.795. The smallest absolute Gasteiger partial charge is 0.410 e. The second-order valence-electron chi connectivity index (χ2n) is 7.70. The fraction of sp³-hybridized carbons (Fsp3) is 0.611. The van der Waals surface area contributed by atoms with Crippen LogP contribution in [0.2, 0.25) is 0 Å². The van der Waals surface area contributed by atoms with E-state index in [1.807, 2.05) is 25.7 Å². The Balaban J connectivity index is 1.59. The lowest BCUT2D eigenvalue weighted by Gasteiger charge is -2.54. The number of benzene rings is 1. The van der Waals surface area contributed by atoms with Gasteiger partial charge in [-0.3, -0.25) is 0 Å². The minimum atomic E-state index is -0.414. The zero-order valence-corrected chi connectivity index (χ0v) is 13.8. The molecule has 0 saturated carbocycles. The Morgan fingerprint density at radius 3 is 2.45 bits per heavy atom. The summed E-state index contributed by atoms with van der Waals surface area (Å²) < 4.78 is 5.46. The molecule has 2 heterocycles. The van der Waals surface area contributed by atoms with E-state index in [2.05, 4.69) is 35.2 Å².